The first-order valence-corrected chi connectivity index (χ1v) is 7.35. The first-order chi connectivity index (χ1) is 8.78. The second-order valence-electron chi connectivity index (χ2n) is 4.71. The number of likely N-dealkylation sites (tertiary alicyclic amines) is 1. The molecule has 0 aliphatic carbocycles. The van der Waals surface area contributed by atoms with Crippen molar-refractivity contribution >= 4 is 28.3 Å². The van der Waals surface area contributed by atoms with E-state index in [2.05, 4.69) is 33.2 Å². The highest BCUT2D eigenvalue weighted by atomic mass is 79.9. The number of halogens is 2. The fourth-order valence-corrected chi connectivity index (χ4v) is 2.67. The largest absolute Gasteiger partial charge is 0.492 e. The van der Waals surface area contributed by atoms with Crippen LogP contribution in [0.2, 0.25) is 0 Å². The molecule has 1 aromatic carbocycles. The number of nitrogens with zero attached hydrogens (tertiary/aromatic N) is 1. The predicted molar refractivity (Wildman–Crippen MR) is 85.4 cm³/mol. The number of rotatable bonds is 5. The van der Waals surface area contributed by atoms with Crippen molar-refractivity contribution in [3.63, 3.8) is 0 Å². The number of nitrogens with one attached hydrogen (secondary N) is 1. The van der Waals surface area contributed by atoms with Gasteiger partial charge in [0.15, 0.2) is 0 Å². The maximum Gasteiger partial charge on any atom is 0.120 e. The molecule has 1 saturated heterocycles. The lowest BCUT2D eigenvalue weighted by atomic mass is 10.1. The Bertz CT molecular complexity index is 370. The summed E-state index contributed by atoms with van der Waals surface area (Å²) in [6.45, 7) is 4.13. The van der Waals surface area contributed by atoms with E-state index < -0.39 is 0 Å². The molecule has 0 saturated carbocycles. The van der Waals surface area contributed by atoms with Crippen LogP contribution in [0.25, 0.3) is 0 Å². The van der Waals surface area contributed by atoms with Crippen molar-refractivity contribution in [1.29, 1.82) is 0 Å². The summed E-state index contributed by atoms with van der Waals surface area (Å²) >= 11 is 3.45. The van der Waals surface area contributed by atoms with Gasteiger partial charge in [-0.15, -0.1) is 12.4 Å². The second-order valence-corrected chi connectivity index (χ2v) is 5.63. The molecule has 1 aliphatic heterocycles. The summed E-state index contributed by atoms with van der Waals surface area (Å²) in [5, 5.41) is 3.35. The molecule has 19 heavy (non-hydrogen) atoms. The summed E-state index contributed by atoms with van der Waals surface area (Å²) in [5.74, 6) is 0.939. The van der Waals surface area contributed by atoms with E-state index in [0.29, 0.717) is 6.04 Å². The van der Waals surface area contributed by atoms with Crippen molar-refractivity contribution in [2.75, 3.05) is 33.3 Å². The molecule has 1 aliphatic rings. The summed E-state index contributed by atoms with van der Waals surface area (Å²) in [4.78, 5) is 2.48. The molecule has 0 radical (unpaired) electrons. The number of benzene rings is 1. The predicted octanol–water partition coefficient (Wildman–Crippen LogP) is 2.93. The van der Waals surface area contributed by atoms with Gasteiger partial charge in [0.25, 0.3) is 0 Å². The Kier molecular flexibility index (Phi) is 7.76. The number of ether oxygens (including phenoxy) is 1. The quantitative estimate of drug-likeness (QED) is 0.884. The molecule has 0 unspecified atom stereocenters. The smallest absolute Gasteiger partial charge is 0.120 e. The second kappa shape index (κ2) is 8.80. The highest BCUT2D eigenvalue weighted by Crippen LogP contribution is 2.17. The van der Waals surface area contributed by atoms with Gasteiger partial charge in [-0.1, -0.05) is 22.0 Å². The van der Waals surface area contributed by atoms with Gasteiger partial charge in [-0.2, -0.15) is 0 Å². The molecule has 1 fully saturated rings. The minimum absolute atomic E-state index is 0. The molecule has 0 aromatic heterocycles. The first kappa shape index (κ1) is 16.8. The van der Waals surface area contributed by atoms with Crippen LogP contribution in [0.1, 0.15) is 12.8 Å². The van der Waals surface area contributed by atoms with E-state index in [1.54, 1.807) is 0 Å². The zero-order valence-corrected chi connectivity index (χ0v) is 13.7. The Hall–Kier alpha value is -0.290. The van der Waals surface area contributed by atoms with Gasteiger partial charge in [-0.25, -0.2) is 0 Å². The van der Waals surface area contributed by atoms with Crippen molar-refractivity contribution in [2.24, 2.45) is 0 Å². The van der Waals surface area contributed by atoms with Crippen molar-refractivity contribution < 1.29 is 4.74 Å². The van der Waals surface area contributed by atoms with Crippen molar-refractivity contribution in [3.8, 4) is 5.75 Å². The van der Waals surface area contributed by atoms with Crippen LogP contribution in [0.3, 0.4) is 0 Å². The van der Waals surface area contributed by atoms with Crippen molar-refractivity contribution in [2.45, 2.75) is 18.9 Å². The van der Waals surface area contributed by atoms with Gasteiger partial charge in [0.05, 0.1) is 0 Å². The molecule has 0 amide bonds. The molecule has 108 valence electrons. The molecule has 1 N–H and O–H groups in total. The molecule has 1 heterocycles. The van der Waals surface area contributed by atoms with Gasteiger partial charge < -0.3 is 10.1 Å². The van der Waals surface area contributed by atoms with Crippen LogP contribution in [0.5, 0.6) is 5.75 Å². The Morgan fingerprint density at radius 3 is 2.74 bits per heavy atom. The lowest BCUT2D eigenvalue weighted by Gasteiger charge is -2.31. The summed E-state index contributed by atoms with van der Waals surface area (Å²) in [6.07, 6.45) is 2.49. The topological polar surface area (TPSA) is 24.5 Å². The molecule has 2 rings (SSSR count). The summed E-state index contributed by atoms with van der Waals surface area (Å²) in [5.41, 5.74) is 0. The third-order valence-electron chi connectivity index (χ3n) is 3.47. The fraction of sp³-hybridized carbons (Fsp3) is 0.571. The van der Waals surface area contributed by atoms with E-state index in [1.807, 2.05) is 24.3 Å². The van der Waals surface area contributed by atoms with Crippen LogP contribution in [-0.4, -0.2) is 44.2 Å². The summed E-state index contributed by atoms with van der Waals surface area (Å²) in [7, 11) is 2.05. The Morgan fingerprint density at radius 1 is 1.37 bits per heavy atom. The van der Waals surface area contributed by atoms with Gasteiger partial charge in [-0.3, -0.25) is 4.90 Å². The van der Waals surface area contributed by atoms with E-state index >= 15 is 0 Å². The molecule has 0 spiro atoms. The van der Waals surface area contributed by atoms with E-state index in [4.69, 9.17) is 4.74 Å². The van der Waals surface area contributed by atoms with Gasteiger partial charge in [-0.05, 0) is 51.2 Å². The van der Waals surface area contributed by atoms with E-state index in [0.717, 1.165) is 23.4 Å². The SMILES string of the molecule is CNC1CCN(CCOc2cccc(Br)c2)CC1.Cl. The van der Waals surface area contributed by atoms with Crippen LogP contribution in [0.15, 0.2) is 28.7 Å². The minimum atomic E-state index is 0. The molecule has 5 heteroatoms. The molecule has 1 aromatic rings. The number of hydrogen-bond donors (Lipinski definition) is 1. The molecular weight excluding hydrogens is 328 g/mol. The lowest BCUT2D eigenvalue weighted by Crippen LogP contribution is -2.42. The standard InChI is InChI=1S/C14H21BrN2O.ClH/c1-16-13-5-7-17(8-6-13)9-10-18-14-4-2-3-12(15)11-14;/h2-4,11,13,16H,5-10H2,1H3;1H. The van der Waals surface area contributed by atoms with E-state index in [9.17, 15) is 0 Å². The van der Waals surface area contributed by atoms with Crippen LogP contribution >= 0.6 is 28.3 Å². The average molecular weight is 350 g/mol. The molecule has 0 atom stereocenters. The van der Waals surface area contributed by atoms with Crippen molar-refractivity contribution in [1.82, 2.24) is 10.2 Å². The van der Waals surface area contributed by atoms with Crippen LogP contribution < -0.4 is 10.1 Å². The van der Waals surface area contributed by atoms with E-state index in [1.165, 1.54) is 25.9 Å². The van der Waals surface area contributed by atoms with Crippen molar-refractivity contribution in [3.05, 3.63) is 28.7 Å². The summed E-state index contributed by atoms with van der Waals surface area (Å²) in [6, 6.07) is 8.71. The highest BCUT2D eigenvalue weighted by Gasteiger charge is 2.17. The Balaban J connectivity index is 0.00000180. The number of hydrogen-bond acceptors (Lipinski definition) is 3. The van der Waals surface area contributed by atoms with Gasteiger partial charge in [0.2, 0.25) is 0 Å². The third kappa shape index (κ3) is 5.69. The summed E-state index contributed by atoms with van der Waals surface area (Å²) < 4.78 is 6.82. The van der Waals surface area contributed by atoms with Gasteiger partial charge >= 0.3 is 0 Å². The minimum Gasteiger partial charge on any atom is -0.492 e. The lowest BCUT2D eigenvalue weighted by molar-refractivity contribution is 0.167. The normalized spacial score (nSPS) is 16.9. The zero-order chi connectivity index (χ0) is 12.8. The van der Waals surface area contributed by atoms with Crippen LogP contribution in [0.4, 0.5) is 0 Å². The maximum atomic E-state index is 5.76. The van der Waals surface area contributed by atoms with Gasteiger partial charge in [0.1, 0.15) is 12.4 Å². The fourth-order valence-electron chi connectivity index (χ4n) is 2.29. The zero-order valence-electron chi connectivity index (χ0n) is 11.3. The molecule has 0 bridgehead atoms. The van der Waals surface area contributed by atoms with Gasteiger partial charge in [0, 0.05) is 17.1 Å². The average Bonchev–Trinajstić information content (AvgIpc) is 2.40. The van der Waals surface area contributed by atoms with E-state index in [-0.39, 0.29) is 12.4 Å². The Labute approximate surface area is 130 Å². The maximum absolute atomic E-state index is 5.76. The van der Waals surface area contributed by atoms with Crippen LogP contribution in [-0.2, 0) is 0 Å². The highest BCUT2D eigenvalue weighted by molar-refractivity contribution is 9.10. The first-order valence-electron chi connectivity index (χ1n) is 6.56. The van der Waals surface area contributed by atoms with Crippen LogP contribution in [0, 0.1) is 0 Å². The molecule has 3 nitrogen and oxygen atoms in total. The monoisotopic (exact) mass is 348 g/mol. The third-order valence-corrected chi connectivity index (χ3v) is 3.96. The Morgan fingerprint density at radius 2 is 2.11 bits per heavy atom. The number of piperidine rings is 1. The molecular formula is C14H22BrClN2O.